The van der Waals surface area contributed by atoms with Gasteiger partial charge >= 0.3 is 6.18 Å². The Morgan fingerprint density at radius 3 is 2.61 bits per heavy atom. The number of aliphatic hydroxyl groups is 2. The lowest BCUT2D eigenvalue weighted by Gasteiger charge is -2.34. The zero-order valence-corrected chi connectivity index (χ0v) is 12.5. The van der Waals surface area contributed by atoms with E-state index in [1.54, 1.807) is 0 Å². The molecule has 3 atom stereocenters. The third-order valence-electron chi connectivity index (χ3n) is 3.82. The van der Waals surface area contributed by atoms with Crippen LogP contribution in [-0.2, 0) is 10.9 Å². The quantitative estimate of drug-likeness (QED) is 0.870. The van der Waals surface area contributed by atoms with Crippen LogP contribution in [0.25, 0.3) is 0 Å². The van der Waals surface area contributed by atoms with E-state index in [4.69, 9.17) is 4.74 Å². The minimum Gasteiger partial charge on any atom is -0.390 e. The van der Waals surface area contributed by atoms with Crippen molar-refractivity contribution in [3.63, 3.8) is 0 Å². The van der Waals surface area contributed by atoms with Gasteiger partial charge in [0.05, 0.1) is 30.4 Å². The van der Waals surface area contributed by atoms with Gasteiger partial charge in [0.15, 0.2) is 0 Å². The molecule has 1 amide bonds. The SMILES string of the molecule is CN(C[C@@H]1COC[C@@H](O)[C@H]1O)C(=O)c1ccccc1C(F)(F)F. The number of benzene rings is 1. The minimum absolute atomic E-state index is 0.00770. The smallest absolute Gasteiger partial charge is 0.390 e. The normalized spacial score (nSPS) is 25.2. The number of rotatable bonds is 3. The number of hydrogen-bond donors (Lipinski definition) is 2. The molecule has 5 nitrogen and oxygen atoms in total. The molecule has 1 heterocycles. The van der Waals surface area contributed by atoms with Crippen molar-refractivity contribution in [3.8, 4) is 0 Å². The van der Waals surface area contributed by atoms with Crippen molar-refractivity contribution in [1.29, 1.82) is 0 Å². The van der Waals surface area contributed by atoms with Gasteiger partial charge in [0.2, 0.25) is 0 Å². The van der Waals surface area contributed by atoms with Crippen molar-refractivity contribution >= 4 is 5.91 Å². The van der Waals surface area contributed by atoms with Gasteiger partial charge in [-0.25, -0.2) is 0 Å². The highest BCUT2D eigenvalue weighted by atomic mass is 19.4. The maximum Gasteiger partial charge on any atom is 0.417 e. The van der Waals surface area contributed by atoms with Crippen LogP contribution >= 0.6 is 0 Å². The number of alkyl halides is 3. The molecule has 1 aromatic rings. The van der Waals surface area contributed by atoms with Crippen LogP contribution in [0.15, 0.2) is 24.3 Å². The van der Waals surface area contributed by atoms with Crippen molar-refractivity contribution in [2.75, 3.05) is 26.8 Å². The van der Waals surface area contributed by atoms with Crippen molar-refractivity contribution in [2.45, 2.75) is 18.4 Å². The van der Waals surface area contributed by atoms with Gasteiger partial charge < -0.3 is 19.8 Å². The zero-order valence-electron chi connectivity index (χ0n) is 12.5. The van der Waals surface area contributed by atoms with Crippen molar-refractivity contribution in [3.05, 3.63) is 35.4 Å². The van der Waals surface area contributed by atoms with Crippen LogP contribution in [0.1, 0.15) is 15.9 Å². The third kappa shape index (κ3) is 4.01. The molecule has 1 fully saturated rings. The summed E-state index contributed by atoms with van der Waals surface area (Å²) in [7, 11) is 1.35. The number of carbonyl (C=O) groups is 1. The fourth-order valence-electron chi connectivity index (χ4n) is 2.57. The lowest BCUT2D eigenvalue weighted by atomic mass is 9.95. The molecular weight excluding hydrogens is 315 g/mol. The number of aliphatic hydroxyl groups excluding tert-OH is 2. The van der Waals surface area contributed by atoms with Crippen molar-refractivity contribution in [2.24, 2.45) is 5.92 Å². The summed E-state index contributed by atoms with van der Waals surface area (Å²) >= 11 is 0. The molecule has 1 aliphatic rings. The van der Waals surface area contributed by atoms with Crippen LogP contribution in [-0.4, -0.2) is 60.0 Å². The Hall–Kier alpha value is -1.64. The van der Waals surface area contributed by atoms with Crippen molar-refractivity contribution < 1.29 is 32.9 Å². The van der Waals surface area contributed by atoms with Gasteiger partial charge in [-0.05, 0) is 12.1 Å². The molecule has 0 unspecified atom stereocenters. The first kappa shape index (κ1) is 17.7. The van der Waals surface area contributed by atoms with E-state index in [0.29, 0.717) is 0 Å². The molecule has 1 aromatic carbocycles. The monoisotopic (exact) mass is 333 g/mol. The Morgan fingerprint density at radius 2 is 1.96 bits per heavy atom. The van der Waals surface area contributed by atoms with E-state index in [2.05, 4.69) is 0 Å². The molecule has 8 heteroatoms. The Balaban J connectivity index is 2.14. The first-order valence-corrected chi connectivity index (χ1v) is 7.07. The Labute approximate surface area is 131 Å². The van der Waals surface area contributed by atoms with Crippen LogP contribution < -0.4 is 0 Å². The molecule has 0 spiro atoms. The molecule has 0 radical (unpaired) electrons. The Kier molecular flexibility index (Phi) is 5.28. The number of carbonyl (C=O) groups excluding carboxylic acids is 1. The summed E-state index contributed by atoms with van der Waals surface area (Å²) in [5, 5.41) is 19.4. The molecule has 0 saturated carbocycles. The second-order valence-corrected chi connectivity index (χ2v) is 5.58. The summed E-state index contributed by atoms with van der Waals surface area (Å²) in [5.74, 6) is -1.36. The number of halogens is 3. The minimum atomic E-state index is -4.63. The highest BCUT2D eigenvalue weighted by Gasteiger charge is 2.37. The molecule has 2 rings (SSSR count). The van der Waals surface area contributed by atoms with E-state index in [9.17, 15) is 28.2 Å². The summed E-state index contributed by atoms with van der Waals surface area (Å²) in [4.78, 5) is 13.4. The van der Waals surface area contributed by atoms with E-state index in [0.717, 1.165) is 17.0 Å². The van der Waals surface area contributed by atoms with Gasteiger partial charge in [-0.1, -0.05) is 12.1 Å². The molecule has 0 aromatic heterocycles. The van der Waals surface area contributed by atoms with Crippen LogP contribution in [0.5, 0.6) is 0 Å². The fourth-order valence-corrected chi connectivity index (χ4v) is 2.57. The summed E-state index contributed by atoms with van der Waals surface area (Å²) in [6, 6.07) is 4.54. The van der Waals surface area contributed by atoms with Gasteiger partial charge in [-0.3, -0.25) is 4.79 Å². The molecule has 128 valence electrons. The number of hydrogen-bond acceptors (Lipinski definition) is 4. The van der Waals surface area contributed by atoms with Gasteiger partial charge in [0, 0.05) is 19.5 Å². The molecule has 2 N–H and O–H groups in total. The first-order chi connectivity index (χ1) is 10.7. The maximum atomic E-state index is 13.0. The Bertz CT molecular complexity index is 564. The molecule has 1 aliphatic heterocycles. The number of amides is 1. The largest absolute Gasteiger partial charge is 0.417 e. The molecule has 0 aliphatic carbocycles. The lowest BCUT2D eigenvalue weighted by Crippen LogP contribution is -2.49. The zero-order chi connectivity index (χ0) is 17.2. The standard InChI is InChI=1S/C15H18F3NO4/c1-19(6-9-7-23-8-12(20)13(9)21)14(22)10-4-2-3-5-11(10)15(16,17)18/h2-5,9,12-13,20-21H,6-8H2,1H3/t9-,12-,13+/m1/s1. The topological polar surface area (TPSA) is 70.0 Å². The summed E-state index contributed by atoms with van der Waals surface area (Å²) in [6.45, 7) is 0.0895. The average molecular weight is 333 g/mol. The number of nitrogens with zero attached hydrogens (tertiary/aromatic N) is 1. The van der Waals surface area contributed by atoms with Gasteiger partial charge in [-0.2, -0.15) is 13.2 Å². The molecular formula is C15H18F3NO4. The maximum absolute atomic E-state index is 13.0. The predicted octanol–water partition coefficient (Wildman–Crippen LogP) is 1.15. The van der Waals surface area contributed by atoms with E-state index >= 15 is 0 Å². The van der Waals surface area contributed by atoms with Crippen LogP contribution in [0, 0.1) is 5.92 Å². The highest BCUT2D eigenvalue weighted by molar-refractivity contribution is 5.95. The van der Waals surface area contributed by atoms with Gasteiger partial charge in [0.25, 0.3) is 5.91 Å². The lowest BCUT2D eigenvalue weighted by molar-refractivity contribution is -0.138. The van der Waals surface area contributed by atoms with Gasteiger partial charge in [-0.15, -0.1) is 0 Å². The molecule has 0 bridgehead atoms. The van der Waals surface area contributed by atoms with Crippen LogP contribution in [0.2, 0.25) is 0 Å². The predicted molar refractivity (Wildman–Crippen MR) is 74.7 cm³/mol. The summed E-state index contributed by atoms with van der Waals surface area (Å²) in [5.41, 5.74) is -1.45. The summed E-state index contributed by atoms with van der Waals surface area (Å²) in [6.07, 6.45) is -6.78. The number of ether oxygens (including phenoxy) is 1. The second-order valence-electron chi connectivity index (χ2n) is 5.58. The molecule has 1 saturated heterocycles. The second kappa shape index (κ2) is 6.86. The first-order valence-electron chi connectivity index (χ1n) is 7.07. The third-order valence-corrected chi connectivity index (χ3v) is 3.82. The van der Waals surface area contributed by atoms with E-state index in [1.807, 2.05) is 0 Å². The Morgan fingerprint density at radius 1 is 1.30 bits per heavy atom. The van der Waals surface area contributed by atoms with Gasteiger partial charge in [0.1, 0.15) is 6.10 Å². The van der Waals surface area contributed by atoms with Crippen LogP contribution in [0.3, 0.4) is 0 Å². The highest BCUT2D eigenvalue weighted by Crippen LogP contribution is 2.32. The fraction of sp³-hybridized carbons (Fsp3) is 0.533. The van der Waals surface area contributed by atoms with Crippen LogP contribution in [0.4, 0.5) is 13.2 Å². The van der Waals surface area contributed by atoms with E-state index in [1.165, 1.54) is 19.2 Å². The van der Waals surface area contributed by atoms with E-state index < -0.39 is 41.3 Å². The van der Waals surface area contributed by atoms with Crippen molar-refractivity contribution in [1.82, 2.24) is 4.90 Å². The average Bonchev–Trinajstić information content (AvgIpc) is 2.50. The molecule has 23 heavy (non-hydrogen) atoms. The summed E-state index contributed by atoms with van der Waals surface area (Å²) < 4.78 is 44.0. The van der Waals surface area contributed by atoms with E-state index in [-0.39, 0.29) is 19.8 Å².